The first-order chi connectivity index (χ1) is 39.5. The zero-order valence-electron chi connectivity index (χ0n) is 52.8. The summed E-state index contributed by atoms with van der Waals surface area (Å²) in [6, 6.07) is 0. The Bertz CT molecular complexity index is 1560. The van der Waals surface area contributed by atoms with Crippen molar-refractivity contribution in [1.82, 2.24) is 0 Å². The zero-order chi connectivity index (χ0) is 57.8. The number of hydrogen-bond acceptors (Lipinski definition) is 6. The average Bonchev–Trinajstić information content (AvgIpc) is 3.46. The second-order valence-corrected chi connectivity index (χ2v) is 22.7. The molecule has 0 aromatic carbocycles. The third-order valence-electron chi connectivity index (χ3n) is 14.9. The number of allylic oxidation sites excluding steroid dienone is 15. The summed E-state index contributed by atoms with van der Waals surface area (Å²) in [6.45, 7) is 6.44. The van der Waals surface area contributed by atoms with E-state index in [1.54, 1.807) is 6.08 Å². The monoisotopic (exact) mass is 1110 g/mol. The van der Waals surface area contributed by atoms with Gasteiger partial charge in [0.1, 0.15) is 13.2 Å². The zero-order valence-corrected chi connectivity index (χ0v) is 52.8. The van der Waals surface area contributed by atoms with E-state index in [2.05, 4.69) is 106 Å². The lowest BCUT2D eigenvalue weighted by Gasteiger charge is -2.18. The molecule has 0 saturated heterocycles. The molecule has 0 rings (SSSR count). The van der Waals surface area contributed by atoms with Crippen LogP contribution in [0.15, 0.2) is 97.2 Å². The standard InChI is InChI=1S/C74H128O6/c1-4-7-10-13-16-19-22-25-28-30-32-33-34-35-36-37-38-39-40-42-43-46-49-52-55-58-61-64-67-73(76)79-70-71(69-78-72(75)66-63-60-57-54-51-48-45-27-24-21-18-15-12-9-6-3)80-74(77)68-65-62-59-56-53-50-47-44-41-31-29-26-23-20-17-14-11-8-5-2/h9,12,17-18,20-21,26-27,29,41,44-45,51,54,60,63,71H,4-8,10-11,13-16,19,22-25,28,30-40,42-43,46-50,52-53,55-59,61-62,64-70H2,1-3H3/b12-9-,20-17-,21-18-,29-26-,44-41-,45-27-,54-51-,63-60-. The summed E-state index contributed by atoms with van der Waals surface area (Å²) in [5.74, 6) is -1.05. The molecule has 0 aromatic heterocycles. The van der Waals surface area contributed by atoms with E-state index in [-0.39, 0.29) is 31.6 Å². The van der Waals surface area contributed by atoms with Crippen LogP contribution in [0.4, 0.5) is 0 Å². The SMILES string of the molecule is CC/C=C\C/C=C\C/C=C\C/C=C\C/C=C\CC(=O)OCC(COC(=O)CCCCCCCCCCCCCCCCCCCCCCCCCCCCCC)OC(=O)CCCCCCCC/C=C\C/C=C\C/C=C\CCCCC. The van der Waals surface area contributed by atoms with Crippen molar-refractivity contribution in [2.24, 2.45) is 0 Å². The van der Waals surface area contributed by atoms with Gasteiger partial charge in [-0.2, -0.15) is 0 Å². The van der Waals surface area contributed by atoms with Gasteiger partial charge in [-0.15, -0.1) is 0 Å². The van der Waals surface area contributed by atoms with Gasteiger partial charge < -0.3 is 14.2 Å². The largest absolute Gasteiger partial charge is 0.462 e. The highest BCUT2D eigenvalue weighted by molar-refractivity contribution is 5.72. The maximum absolute atomic E-state index is 12.9. The predicted molar refractivity (Wildman–Crippen MR) is 348 cm³/mol. The van der Waals surface area contributed by atoms with Gasteiger partial charge in [-0.3, -0.25) is 14.4 Å². The molecule has 6 nitrogen and oxygen atoms in total. The minimum atomic E-state index is -0.826. The summed E-state index contributed by atoms with van der Waals surface area (Å²) >= 11 is 0. The van der Waals surface area contributed by atoms with Crippen molar-refractivity contribution in [1.29, 1.82) is 0 Å². The highest BCUT2D eigenvalue weighted by atomic mass is 16.6. The van der Waals surface area contributed by atoms with Crippen LogP contribution < -0.4 is 0 Å². The van der Waals surface area contributed by atoms with E-state index in [9.17, 15) is 14.4 Å². The van der Waals surface area contributed by atoms with Gasteiger partial charge in [0.15, 0.2) is 6.10 Å². The van der Waals surface area contributed by atoms with Crippen molar-refractivity contribution in [2.45, 2.75) is 341 Å². The quantitative estimate of drug-likeness (QED) is 0.0261. The summed E-state index contributed by atoms with van der Waals surface area (Å²) in [7, 11) is 0. The lowest BCUT2D eigenvalue weighted by atomic mass is 10.0. The molecule has 0 bridgehead atoms. The maximum Gasteiger partial charge on any atom is 0.309 e. The Labute approximate surface area is 496 Å². The molecule has 460 valence electrons. The molecule has 0 spiro atoms. The van der Waals surface area contributed by atoms with Crippen LogP contribution in [0.25, 0.3) is 0 Å². The van der Waals surface area contributed by atoms with E-state index < -0.39 is 12.1 Å². The fraction of sp³-hybridized carbons (Fsp3) is 0.743. The summed E-state index contributed by atoms with van der Waals surface area (Å²) in [4.78, 5) is 38.3. The smallest absolute Gasteiger partial charge is 0.309 e. The van der Waals surface area contributed by atoms with Crippen LogP contribution >= 0.6 is 0 Å². The third kappa shape index (κ3) is 65.1. The van der Waals surface area contributed by atoms with Crippen LogP contribution in [-0.2, 0) is 28.6 Å². The highest BCUT2D eigenvalue weighted by Gasteiger charge is 2.19. The first-order valence-electron chi connectivity index (χ1n) is 34.2. The second kappa shape index (κ2) is 67.8. The molecule has 6 heteroatoms. The van der Waals surface area contributed by atoms with Crippen molar-refractivity contribution in [2.75, 3.05) is 13.2 Å². The van der Waals surface area contributed by atoms with E-state index in [1.807, 2.05) is 6.08 Å². The van der Waals surface area contributed by atoms with Crippen molar-refractivity contribution in [3.05, 3.63) is 97.2 Å². The molecule has 0 fully saturated rings. The van der Waals surface area contributed by atoms with Gasteiger partial charge in [0, 0.05) is 12.8 Å². The molecule has 0 aromatic rings. The van der Waals surface area contributed by atoms with Gasteiger partial charge >= 0.3 is 17.9 Å². The van der Waals surface area contributed by atoms with Gasteiger partial charge in [0.25, 0.3) is 0 Å². The number of rotatable bonds is 62. The molecule has 0 aliphatic heterocycles. The lowest BCUT2D eigenvalue weighted by Crippen LogP contribution is -2.30. The Kier molecular flexibility index (Phi) is 64.7. The van der Waals surface area contributed by atoms with Gasteiger partial charge in [0.05, 0.1) is 6.42 Å². The van der Waals surface area contributed by atoms with E-state index in [1.165, 1.54) is 199 Å². The number of hydrogen-bond donors (Lipinski definition) is 0. The summed E-state index contributed by atoms with van der Waals surface area (Å²) < 4.78 is 16.8. The van der Waals surface area contributed by atoms with Gasteiger partial charge in [-0.1, -0.05) is 330 Å². The average molecular weight is 1110 g/mol. The van der Waals surface area contributed by atoms with E-state index in [0.717, 1.165) is 96.3 Å². The molecular weight excluding hydrogens is 985 g/mol. The normalized spacial score (nSPS) is 12.7. The maximum atomic E-state index is 12.9. The molecule has 0 N–H and O–H groups in total. The fourth-order valence-electron chi connectivity index (χ4n) is 9.76. The predicted octanol–water partition coefficient (Wildman–Crippen LogP) is 23.6. The van der Waals surface area contributed by atoms with Crippen molar-refractivity contribution in [3.8, 4) is 0 Å². The Morgan fingerprint density at radius 2 is 0.537 bits per heavy atom. The molecule has 0 radical (unpaired) electrons. The van der Waals surface area contributed by atoms with E-state index in [0.29, 0.717) is 12.8 Å². The van der Waals surface area contributed by atoms with Gasteiger partial charge in [-0.05, 0) is 83.5 Å². The van der Waals surface area contributed by atoms with Gasteiger partial charge in [0.2, 0.25) is 0 Å². The van der Waals surface area contributed by atoms with Crippen LogP contribution in [0.2, 0.25) is 0 Å². The summed E-state index contributed by atoms with van der Waals surface area (Å²) in [5, 5.41) is 0. The molecule has 0 aliphatic rings. The summed E-state index contributed by atoms with van der Waals surface area (Å²) in [5.41, 5.74) is 0. The molecule has 0 heterocycles. The van der Waals surface area contributed by atoms with Crippen molar-refractivity contribution < 1.29 is 28.6 Å². The second-order valence-electron chi connectivity index (χ2n) is 22.7. The topological polar surface area (TPSA) is 78.9 Å². The number of esters is 3. The van der Waals surface area contributed by atoms with Crippen LogP contribution in [0, 0.1) is 0 Å². The molecule has 1 atom stereocenters. The number of carbonyl (C=O) groups excluding carboxylic acids is 3. The minimum absolute atomic E-state index is 0.111. The molecule has 0 aliphatic carbocycles. The Hall–Kier alpha value is -3.67. The Morgan fingerprint density at radius 3 is 0.900 bits per heavy atom. The molecular formula is C74H128O6. The van der Waals surface area contributed by atoms with Gasteiger partial charge in [-0.25, -0.2) is 0 Å². The number of unbranched alkanes of at least 4 members (excludes halogenated alkanes) is 36. The van der Waals surface area contributed by atoms with E-state index >= 15 is 0 Å². The van der Waals surface area contributed by atoms with Crippen molar-refractivity contribution in [3.63, 3.8) is 0 Å². The van der Waals surface area contributed by atoms with Crippen LogP contribution in [-0.4, -0.2) is 37.2 Å². The highest BCUT2D eigenvalue weighted by Crippen LogP contribution is 2.18. The van der Waals surface area contributed by atoms with Crippen LogP contribution in [0.3, 0.4) is 0 Å². The lowest BCUT2D eigenvalue weighted by molar-refractivity contribution is -0.166. The number of ether oxygens (including phenoxy) is 3. The Balaban J connectivity index is 4.33. The summed E-state index contributed by atoms with van der Waals surface area (Å²) in [6.07, 6.45) is 91.8. The molecule has 0 amide bonds. The fourth-order valence-corrected chi connectivity index (χ4v) is 9.76. The molecule has 80 heavy (non-hydrogen) atoms. The first kappa shape index (κ1) is 76.3. The van der Waals surface area contributed by atoms with Crippen molar-refractivity contribution >= 4 is 17.9 Å². The minimum Gasteiger partial charge on any atom is -0.462 e. The first-order valence-corrected chi connectivity index (χ1v) is 34.2. The van der Waals surface area contributed by atoms with E-state index in [4.69, 9.17) is 14.2 Å². The molecule has 1 unspecified atom stereocenters. The number of carbonyl (C=O) groups is 3. The Morgan fingerprint density at radius 1 is 0.275 bits per heavy atom. The third-order valence-corrected chi connectivity index (χ3v) is 14.9. The molecule has 0 saturated carbocycles. The van der Waals surface area contributed by atoms with Crippen LogP contribution in [0.5, 0.6) is 0 Å². The van der Waals surface area contributed by atoms with Crippen LogP contribution in [0.1, 0.15) is 335 Å².